The van der Waals surface area contributed by atoms with Gasteiger partial charge in [-0.15, -0.1) is 0 Å². The average Bonchev–Trinajstić information content (AvgIpc) is 2.82. The maximum absolute atomic E-state index is 12.8. The Labute approximate surface area is 191 Å². The van der Waals surface area contributed by atoms with Crippen LogP contribution in [0.3, 0.4) is 0 Å². The molecule has 0 aromatic heterocycles. The number of hydrogen-bond acceptors (Lipinski definition) is 5. The largest absolute Gasteiger partial charge is 0.379 e. The second kappa shape index (κ2) is 11.4. The molecule has 0 saturated carbocycles. The Morgan fingerprint density at radius 1 is 1.12 bits per heavy atom. The van der Waals surface area contributed by atoms with E-state index in [1.807, 2.05) is 12.1 Å². The Hall–Kier alpha value is -2.42. The van der Waals surface area contributed by atoms with Gasteiger partial charge in [-0.1, -0.05) is 31.5 Å². The van der Waals surface area contributed by atoms with Crippen molar-refractivity contribution in [3.8, 4) is 0 Å². The van der Waals surface area contributed by atoms with E-state index in [1.165, 1.54) is 17.7 Å². The minimum Gasteiger partial charge on any atom is -0.379 e. The highest BCUT2D eigenvalue weighted by Gasteiger charge is 2.19. The summed E-state index contributed by atoms with van der Waals surface area (Å²) in [7, 11) is -3.80. The fourth-order valence-corrected chi connectivity index (χ4v) is 4.73. The number of carbonyl (C=O) groups is 1. The number of anilines is 1. The molecule has 1 amide bonds. The topological polar surface area (TPSA) is 87.7 Å². The second-order valence-electron chi connectivity index (χ2n) is 8.14. The smallest absolute Gasteiger partial charge is 0.261 e. The third kappa shape index (κ3) is 6.79. The number of benzene rings is 2. The Kier molecular flexibility index (Phi) is 8.67. The minimum atomic E-state index is -3.80. The Morgan fingerprint density at radius 2 is 1.84 bits per heavy atom. The van der Waals surface area contributed by atoms with Gasteiger partial charge in [-0.05, 0) is 55.7 Å². The van der Waals surface area contributed by atoms with Crippen LogP contribution in [0, 0.1) is 0 Å². The van der Waals surface area contributed by atoms with Crippen LogP contribution in [0.1, 0.15) is 42.6 Å². The van der Waals surface area contributed by atoms with E-state index in [-0.39, 0.29) is 16.8 Å². The SMILES string of the molecule is CCCCc1ccc(NS(=O)(=O)c2cccc(C(=O)NCC(C)N3CCOCC3)c2)cc1. The van der Waals surface area contributed by atoms with Crippen LogP contribution in [-0.2, 0) is 21.2 Å². The number of ether oxygens (including phenoxy) is 1. The number of morpholine rings is 1. The molecule has 0 spiro atoms. The van der Waals surface area contributed by atoms with Gasteiger partial charge >= 0.3 is 0 Å². The maximum atomic E-state index is 12.8. The summed E-state index contributed by atoms with van der Waals surface area (Å²) in [6.45, 7) is 7.77. The highest BCUT2D eigenvalue weighted by molar-refractivity contribution is 7.92. The van der Waals surface area contributed by atoms with Gasteiger partial charge in [0.1, 0.15) is 0 Å². The number of unbranched alkanes of at least 4 members (excludes halogenated alkanes) is 1. The van der Waals surface area contributed by atoms with E-state index in [0.717, 1.165) is 32.4 Å². The third-order valence-electron chi connectivity index (χ3n) is 5.66. The molecule has 1 aliphatic heterocycles. The lowest BCUT2D eigenvalue weighted by atomic mass is 10.1. The average molecular weight is 460 g/mol. The maximum Gasteiger partial charge on any atom is 0.261 e. The van der Waals surface area contributed by atoms with Crippen molar-refractivity contribution < 1.29 is 17.9 Å². The van der Waals surface area contributed by atoms with Gasteiger partial charge in [0.25, 0.3) is 15.9 Å². The zero-order valence-electron chi connectivity index (χ0n) is 18.8. The van der Waals surface area contributed by atoms with Crippen molar-refractivity contribution >= 4 is 21.6 Å². The molecule has 1 heterocycles. The lowest BCUT2D eigenvalue weighted by Gasteiger charge is -2.32. The van der Waals surface area contributed by atoms with E-state index in [9.17, 15) is 13.2 Å². The molecule has 1 unspecified atom stereocenters. The van der Waals surface area contributed by atoms with E-state index < -0.39 is 10.0 Å². The summed E-state index contributed by atoms with van der Waals surface area (Å²) in [4.78, 5) is 14.9. The van der Waals surface area contributed by atoms with Gasteiger partial charge in [-0.3, -0.25) is 14.4 Å². The van der Waals surface area contributed by atoms with Crippen LogP contribution in [0.2, 0.25) is 0 Å². The number of amides is 1. The fraction of sp³-hybridized carbons (Fsp3) is 0.458. The van der Waals surface area contributed by atoms with Gasteiger partial charge in [0.05, 0.1) is 18.1 Å². The first kappa shape index (κ1) is 24.2. The van der Waals surface area contributed by atoms with Crippen LogP contribution in [0.4, 0.5) is 5.69 Å². The van der Waals surface area contributed by atoms with Crippen LogP contribution in [0.5, 0.6) is 0 Å². The number of hydrogen-bond donors (Lipinski definition) is 2. The van der Waals surface area contributed by atoms with Crippen molar-refractivity contribution in [1.82, 2.24) is 10.2 Å². The van der Waals surface area contributed by atoms with Crippen molar-refractivity contribution in [2.45, 2.75) is 44.0 Å². The van der Waals surface area contributed by atoms with Crippen LogP contribution < -0.4 is 10.0 Å². The van der Waals surface area contributed by atoms with Crippen molar-refractivity contribution in [2.75, 3.05) is 37.6 Å². The van der Waals surface area contributed by atoms with Crippen molar-refractivity contribution in [3.63, 3.8) is 0 Å². The molecule has 1 atom stereocenters. The molecule has 174 valence electrons. The van der Waals surface area contributed by atoms with E-state index in [4.69, 9.17) is 4.74 Å². The molecular weight excluding hydrogens is 426 g/mol. The van der Waals surface area contributed by atoms with Gasteiger partial charge in [0, 0.05) is 36.9 Å². The molecule has 1 fully saturated rings. The molecule has 1 aliphatic rings. The summed E-state index contributed by atoms with van der Waals surface area (Å²) in [5, 5.41) is 2.91. The van der Waals surface area contributed by atoms with E-state index in [2.05, 4.69) is 28.8 Å². The predicted octanol–water partition coefficient (Wildman–Crippen LogP) is 3.28. The molecule has 7 nitrogen and oxygen atoms in total. The van der Waals surface area contributed by atoms with Crippen LogP contribution in [0.15, 0.2) is 53.4 Å². The van der Waals surface area contributed by atoms with Gasteiger partial charge in [0.15, 0.2) is 0 Å². The summed E-state index contributed by atoms with van der Waals surface area (Å²) in [6, 6.07) is 13.7. The quantitative estimate of drug-likeness (QED) is 0.569. The lowest BCUT2D eigenvalue weighted by molar-refractivity contribution is 0.0204. The number of carbonyl (C=O) groups excluding carboxylic acids is 1. The molecule has 3 rings (SSSR count). The molecule has 2 aromatic carbocycles. The number of nitrogens with one attached hydrogen (secondary N) is 2. The second-order valence-corrected chi connectivity index (χ2v) is 9.82. The molecule has 0 radical (unpaired) electrons. The first-order chi connectivity index (χ1) is 15.4. The number of nitrogens with zero attached hydrogens (tertiary/aromatic N) is 1. The van der Waals surface area contributed by atoms with E-state index in [1.54, 1.807) is 24.3 Å². The van der Waals surface area contributed by atoms with Crippen molar-refractivity contribution in [3.05, 3.63) is 59.7 Å². The number of sulfonamides is 1. The van der Waals surface area contributed by atoms with E-state index in [0.29, 0.717) is 31.0 Å². The van der Waals surface area contributed by atoms with Gasteiger partial charge < -0.3 is 10.1 Å². The first-order valence-electron chi connectivity index (χ1n) is 11.2. The number of rotatable bonds is 10. The molecule has 1 saturated heterocycles. The van der Waals surface area contributed by atoms with E-state index >= 15 is 0 Å². The van der Waals surface area contributed by atoms with Gasteiger partial charge in [0.2, 0.25) is 0 Å². The van der Waals surface area contributed by atoms with Crippen LogP contribution in [0.25, 0.3) is 0 Å². The van der Waals surface area contributed by atoms with Crippen molar-refractivity contribution in [2.24, 2.45) is 0 Å². The molecule has 0 aliphatic carbocycles. The van der Waals surface area contributed by atoms with Crippen molar-refractivity contribution in [1.29, 1.82) is 0 Å². The highest BCUT2D eigenvalue weighted by atomic mass is 32.2. The molecule has 8 heteroatoms. The zero-order valence-corrected chi connectivity index (χ0v) is 19.7. The van der Waals surface area contributed by atoms with Gasteiger partial charge in [-0.25, -0.2) is 8.42 Å². The summed E-state index contributed by atoms with van der Waals surface area (Å²) < 4.78 is 33.7. The molecule has 0 bridgehead atoms. The third-order valence-corrected chi connectivity index (χ3v) is 7.04. The van der Waals surface area contributed by atoms with Crippen LogP contribution in [-0.4, -0.2) is 58.1 Å². The zero-order chi connectivity index (χ0) is 23.0. The summed E-state index contributed by atoms with van der Waals surface area (Å²) in [5.74, 6) is -0.289. The molecular formula is C24H33N3O4S. The number of aryl methyl sites for hydroxylation is 1. The normalized spacial score (nSPS) is 15.8. The standard InChI is InChI=1S/C24H33N3O4S/c1-3-4-6-20-9-11-22(12-10-20)26-32(29,30)23-8-5-7-21(17-23)24(28)25-18-19(2)27-13-15-31-16-14-27/h5,7-12,17,19,26H,3-4,6,13-16,18H2,1-2H3,(H,25,28). The first-order valence-corrected chi connectivity index (χ1v) is 12.7. The minimum absolute atomic E-state index is 0.0569. The fourth-order valence-electron chi connectivity index (χ4n) is 3.63. The van der Waals surface area contributed by atoms with Gasteiger partial charge in [-0.2, -0.15) is 0 Å². The molecule has 32 heavy (non-hydrogen) atoms. The highest BCUT2D eigenvalue weighted by Crippen LogP contribution is 2.18. The summed E-state index contributed by atoms with van der Waals surface area (Å²) in [5.41, 5.74) is 2.00. The predicted molar refractivity (Wildman–Crippen MR) is 126 cm³/mol. The molecule has 2 aromatic rings. The Balaban J connectivity index is 1.61. The summed E-state index contributed by atoms with van der Waals surface area (Å²) >= 11 is 0. The molecule has 2 N–H and O–H groups in total. The van der Waals surface area contributed by atoms with Crippen LogP contribution >= 0.6 is 0 Å². The lowest BCUT2D eigenvalue weighted by Crippen LogP contribution is -2.47. The summed E-state index contributed by atoms with van der Waals surface area (Å²) in [6.07, 6.45) is 3.19. The monoisotopic (exact) mass is 459 g/mol. The Bertz CT molecular complexity index is 987. The Morgan fingerprint density at radius 3 is 2.53 bits per heavy atom.